The topological polar surface area (TPSA) is 47.6 Å². The minimum atomic E-state index is -0.282. The van der Waals surface area contributed by atoms with E-state index in [0.29, 0.717) is 27.8 Å². The van der Waals surface area contributed by atoms with Gasteiger partial charge in [0.1, 0.15) is 11.5 Å². The van der Waals surface area contributed by atoms with Gasteiger partial charge in [0.25, 0.3) is 5.91 Å². The van der Waals surface area contributed by atoms with Crippen LogP contribution in [0.15, 0.2) is 40.9 Å². The van der Waals surface area contributed by atoms with Crippen molar-refractivity contribution < 1.29 is 14.3 Å². The van der Waals surface area contributed by atoms with E-state index in [4.69, 9.17) is 21.1 Å². The number of nitrogens with one attached hydrogen (secondary N) is 1. The Morgan fingerprint density at radius 1 is 1.14 bits per heavy atom. The van der Waals surface area contributed by atoms with E-state index in [1.165, 1.54) is 7.11 Å². The van der Waals surface area contributed by atoms with Crippen molar-refractivity contribution in [3.05, 3.63) is 51.5 Å². The zero-order valence-corrected chi connectivity index (χ0v) is 13.8. The molecule has 6 heteroatoms. The highest BCUT2D eigenvalue weighted by Gasteiger charge is 2.12. The molecule has 0 unspecified atom stereocenters. The quantitative estimate of drug-likeness (QED) is 0.869. The molecule has 0 radical (unpaired) electrons. The Balaban J connectivity index is 2.28. The number of ether oxygens (including phenoxy) is 2. The molecule has 0 aliphatic heterocycles. The van der Waals surface area contributed by atoms with Gasteiger partial charge in [-0.15, -0.1) is 0 Å². The second-order valence-corrected chi connectivity index (χ2v) is 5.41. The fourth-order valence-corrected chi connectivity index (χ4v) is 2.17. The first-order valence-corrected chi connectivity index (χ1v) is 7.20. The molecule has 2 aromatic carbocycles. The fraction of sp³-hybridized carbons (Fsp3) is 0.133. The maximum atomic E-state index is 12.3. The lowest BCUT2D eigenvalue weighted by molar-refractivity contribution is 0.102. The van der Waals surface area contributed by atoms with Crippen molar-refractivity contribution in [3.63, 3.8) is 0 Å². The highest BCUT2D eigenvalue weighted by Crippen LogP contribution is 2.30. The Bertz CT molecular complexity index is 676. The largest absolute Gasteiger partial charge is 0.497 e. The lowest BCUT2D eigenvalue weighted by atomic mass is 10.2. The third-order valence-electron chi connectivity index (χ3n) is 2.84. The second kappa shape index (κ2) is 6.83. The molecular formula is C15H13BrClNO3. The number of anilines is 1. The van der Waals surface area contributed by atoms with Gasteiger partial charge in [-0.25, -0.2) is 0 Å². The van der Waals surface area contributed by atoms with Crippen molar-refractivity contribution >= 4 is 39.1 Å². The molecule has 0 fully saturated rings. The number of carbonyl (C=O) groups excluding carboxylic acids is 1. The second-order valence-electron chi connectivity index (χ2n) is 4.15. The highest BCUT2D eigenvalue weighted by atomic mass is 79.9. The van der Waals surface area contributed by atoms with E-state index in [-0.39, 0.29) is 5.91 Å². The standard InChI is InChI=1S/C15H13BrClNO3/c1-20-10-4-6-14(21-2)13(8-10)18-15(19)9-3-5-11(16)12(17)7-9/h3-8H,1-2H3,(H,18,19). The third kappa shape index (κ3) is 3.68. The number of rotatable bonds is 4. The maximum absolute atomic E-state index is 12.3. The molecular weight excluding hydrogens is 358 g/mol. The highest BCUT2D eigenvalue weighted by molar-refractivity contribution is 9.10. The average molecular weight is 371 g/mol. The van der Waals surface area contributed by atoms with E-state index >= 15 is 0 Å². The molecule has 0 heterocycles. The molecule has 4 nitrogen and oxygen atoms in total. The number of benzene rings is 2. The normalized spacial score (nSPS) is 10.1. The molecule has 0 aliphatic carbocycles. The van der Waals surface area contributed by atoms with Crippen molar-refractivity contribution in [1.29, 1.82) is 0 Å². The number of carbonyl (C=O) groups is 1. The Hall–Kier alpha value is -1.72. The van der Waals surface area contributed by atoms with E-state index in [1.807, 2.05) is 0 Å². The summed E-state index contributed by atoms with van der Waals surface area (Å²) in [6, 6.07) is 10.2. The van der Waals surface area contributed by atoms with Crippen LogP contribution in [0.1, 0.15) is 10.4 Å². The molecule has 2 aromatic rings. The lowest BCUT2D eigenvalue weighted by Crippen LogP contribution is -2.12. The molecule has 0 aromatic heterocycles. The fourth-order valence-electron chi connectivity index (χ4n) is 1.74. The smallest absolute Gasteiger partial charge is 0.255 e. The van der Waals surface area contributed by atoms with Gasteiger partial charge in [-0.1, -0.05) is 11.6 Å². The molecule has 1 N–H and O–H groups in total. The number of methoxy groups -OCH3 is 2. The number of halogens is 2. The van der Waals surface area contributed by atoms with Crippen LogP contribution in [0.2, 0.25) is 5.02 Å². The molecule has 0 atom stereocenters. The van der Waals surface area contributed by atoms with Crippen LogP contribution in [0.25, 0.3) is 0 Å². The summed E-state index contributed by atoms with van der Waals surface area (Å²) >= 11 is 9.28. The SMILES string of the molecule is COc1ccc(OC)c(NC(=O)c2ccc(Br)c(Cl)c2)c1. The van der Waals surface area contributed by atoms with Crippen molar-refractivity contribution in [2.45, 2.75) is 0 Å². The van der Waals surface area contributed by atoms with Crippen LogP contribution in [0.4, 0.5) is 5.69 Å². The minimum Gasteiger partial charge on any atom is -0.497 e. The van der Waals surface area contributed by atoms with Gasteiger partial charge in [-0.3, -0.25) is 4.79 Å². The predicted molar refractivity (Wildman–Crippen MR) is 86.7 cm³/mol. The van der Waals surface area contributed by atoms with Crippen LogP contribution >= 0.6 is 27.5 Å². The summed E-state index contributed by atoms with van der Waals surface area (Å²) in [6.07, 6.45) is 0. The summed E-state index contributed by atoms with van der Waals surface area (Å²) in [4.78, 5) is 12.3. The molecule has 21 heavy (non-hydrogen) atoms. The predicted octanol–water partition coefficient (Wildman–Crippen LogP) is 4.37. The monoisotopic (exact) mass is 369 g/mol. The first-order chi connectivity index (χ1) is 10.0. The van der Waals surface area contributed by atoms with Gasteiger partial charge in [-0.05, 0) is 46.3 Å². The first kappa shape index (κ1) is 15.7. The van der Waals surface area contributed by atoms with Gasteiger partial charge in [0.05, 0.1) is 24.9 Å². The lowest BCUT2D eigenvalue weighted by Gasteiger charge is -2.12. The van der Waals surface area contributed by atoms with E-state index in [9.17, 15) is 4.79 Å². The molecule has 110 valence electrons. The molecule has 0 bridgehead atoms. The average Bonchev–Trinajstić information content (AvgIpc) is 2.49. The third-order valence-corrected chi connectivity index (χ3v) is 4.07. The summed E-state index contributed by atoms with van der Waals surface area (Å²) in [5.41, 5.74) is 0.981. The van der Waals surface area contributed by atoms with E-state index in [2.05, 4.69) is 21.2 Å². The summed E-state index contributed by atoms with van der Waals surface area (Å²) in [5, 5.41) is 3.25. The summed E-state index contributed by atoms with van der Waals surface area (Å²) in [6.45, 7) is 0. The van der Waals surface area contributed by atoms with Crippen molar-refractivity contribution in [2.24, 2.45) is 0 Å². The van der Waals surface area contributed by atoms with Crippen molar-refractivity contribution in [2.75, 3.05) is 19.5 Å². The Labute approximate surface area is 136 Å². The summed E-state index contributed by atoms with van der Waals surface area (Å²) in [5.74, 6) is 0.892. The van der Waals surface area contributed by atoms with Crippen molar-refractivity contribution in [1.82, 2.24) is 0 Å². The Morgan fingerprint density at radius 2 is 1.90 bits per heavy atom. The van der Waals surface area contributed by atoms with Crippen molar-refractivity contribution in [3.8, 4) is 11.5 Å². The molecule has 0 spiro atoms. The van der Waals surface area contributed by atoms with Gasteiger partial charge in [0.2, 0.25) is 0 Å². The van der Waals surface area contributed by atoms with E-state index in [0.717, 1.165) is 4.47 Å². The molecule has 0 aliphatic rings. The number of amides is 1. The van der Waals surface area contributed by atoms with Crippen LogP contribution in [0.5, 0.6) is 11.5 Å². The Morgan fingerprint density at radius 3 is 2.52 bits per heavy atom. The van der Waals surface area contributed by atoms with Crippen LogP contribution in [0.3, 0.4) is 0 Å². The molecule has 0 saturated carbocycles. The van der Waals surface area contributed by atoms with Gasteiger partial charge in [0, 0.05) is 16.1 Å². The maximum Gasteiger partial charge on any atom is 0.255 e. The first-order valence-electron chi connectivity index (χ1n) is 6.03. The van der Waals surface area contributed by atoms with E-state index < -0.39 is 0 Å². The number of hydrogen-bond donors (Lipinski definition) is 1. The summed E-state index contributed by atoms with van der Waals surface area (Å²) in [7, 11) is 3.09. The van der Waals surface area contributed by atoms with Gasteiger partial charge < -0.3 is 14.8 Å². The van der Waals surface area contributed by atoms with Gasteiger partial charge in [0.15, 0.2) is 0 Å². The van der Waals surface area contributed by atoms with Gasteiger partial charge >= 0.3 is 0 Å². The van der Waals surface area contributed by atoms with Crippen LogP contribution < -0.4 is 14.8 Å². The number of hydrogen-bond acceptors (Lipinski definition) is 3. The zero-order chi connectivity index (χ0) is 15.4. The minimum absolute atomic E-state index is 0.282. The van der Waals surface area contributed by atoms with Gasteiger partial charge in [-0.2, -0.15) is 0 Å². The van der Waals surface area contributed by atoms with Crippen LogP contribution in [0, 0.1) is 0 Å². The Kier molecular flexibility index (Phi) is 5.09. The molecule has 2 rings (SSSR count). The van der Waals surface area contributed by atoms with Crippen LogP contribution in [-0.4, -0.2) is 20.1 Å². The zero-order valence-electron chi connectivity index (χ0n) is 11.4. The molecule has 1 amide bonds. The van der Waals surface area contributed by atoms with E-state index in [1.54, 1.807) is 43.5 Å². The van der Waals surface area contributed by atoms with Crippen LogP contribution in [-0.2, 0) is 0 Å². The molecule has 0 saturated heterocycles. The summed E-state index contributed by atoms with van der Waals surface area (Å²) < 4.78 is 11.1.